The predicted octanol–water partition coefficient (Wildman–Crippen LogP) is 2.01. The highest BCUT2D eigenvalue weighted by Crippen LogP contribution is 2.20. The van der Waals surface area contributed by atoms with Gasteiger partial charge in [-0.3, -0.25) is 15.1 Å². The molecule has 5 nitrogen and oxygen atoms in total. The molecule has 0 aliphatic heterocycles. The number of non-ortho nitro benzene ring substituents is 1. The summed E-state index contributed by atoms with van der Waals surface area (Å²) in [6.07, 6.45) is 0. The van der Waals surface area contributed by atoms with Crippen molar-refractivity contribution in [3.05, 3.63) is 38.9 Å². The molecule has 0 saturated heterocycles. The summed E-state index contributed by atoms with van der Waals surface area (Å²) >= 11 is 5.68. The Kier molecular flexibility index (Phi) is 5.04. The van der Waals surface area contributed by atoms with E-state index < -0.39 is 4.92 Å². The van der Waals surface area contributed by atoms with Gasteiger partial charge in [-0.25, -0.2) is 0 Å². The number of benzene rings is 1. The third-order valence-electron chi connectivity index (χ3n) is 1.63. The molecule has 0 atom stereocenters. The van der Waals surface area contributed by atoms with Crippen LogP contribution in [0.15, 0.2) is 23.2 Å². The summed E-state index contributed by atoms with van der Waals surface area (Å²) in [5.41, 5.74) is 5.85. The summed E-state index contributed by atoms with van der Waals surface area (Å²) in [6.45, 7) is 0. The van der Waals surface area contributed by atoms with Gasteiger partial charge in [0.2, 0.25) is 0 Å². The molecule has 82 valence electrons. The fourth-order valence-electron chi connectivity index (χ4n) is 0.957. The van der Waals surface area contributed by atoms with Crippen molar-refractivity contribution < 1.29 is 4.92 Å². The molecule has 0 unspecified atom stereocenters. The first kappa shape index (κ1) is 13.7. The van der Waals surface area contributed by atoms with E-state index in [4.69, 9.17) is 17.3 Å². The number of nitro groups is 1. The van der Waals surface area contributed by atoms with Crippen LogP contribution >= 0.6 is 24.0 Å². The lowest BCUT2D eigenvalue weighted by Crippen LogP contribution is -2.13. The summed E-state index contributed by atoms with van der Waals surface area (Å²) in [7, 11) is 1.50. The Morgan fingerprint density at radius 2 is 2.13 bits per heavy atom. The molecule has 1 aromatic rings. The number of rotatable bonds is 2. The zero-order chi connectivity index (χ0) is 10.7. The predicted molar refractivity (Wildman–Crippen MR) is 62.0 cm³/mol. The minimum atomic E-state index is -0.529. The molecule has 0 fully saturated rings. The van der Waals surface area contributed by atoms with Crippen molar-refractivity contribution in [3.8, 4) is 0 Å². The van der Waals surface area contributed by atoms with Crippen LogP contribution in [0.5, 0.6) is 0 Å². The SMILES string of the molecule is CN=C(N)c1cc(Cl)cc([N+](=O)[O-])c1.Cl. The minimum absolute atomic E-state index is 0. The fourth-order valence-corrected chi connectivity index (χ4v) is 1.19. The van der Waals surface area contributed by atoms with Crippen LogP contribution in [0.3, 0.4) is 0 Å². The van der Waals surface area contributed by atoms with Gasteiger partial charge in [-0.15, -0.1) is 12.4 Å². The van der Waals surface area contributed by atoms with Crippen LogP contribution in [-0.4, -0.2) is 17.8 Å². The third kappa shape index (κ3) is 3.38. The van der Waals surface area contributed by atoms with E-state index in [1.165, 1.54) is 25.2 Å². The molecule has 0 radical (unpaired) electrons. The molecule has 0 bridgehead atoms. The van der Waals surface area contributed by atoms with Crippen molar-refractivity contribution >= 4 is 35.5 Å². The first-order chi connectivity index (χ1) is 6.54. The Balaban J connectivity index is 0.00000196. The van der Waals surface area contributed by atoms with Gasteiger partial charge < -0.3 is 5.73 Å². The van der Waals surface area contributed by atoms with E-state index in [0.717, 1.165) is 0 Å². The second-order valence-electron chi connectivity index (χ2n) is 2.56. The van der Waals surface area contributed by atoms with E-state index in [1.54, 1.807) is 0 Å². The van der Waals surface area contributed by atoms with Gasteiger partial charge in [-0.1, -0.05) is 11.6 Å². The van der Waals surface area contributed by atoms with Crippen molar-refractivity contribution in [3.63, 3.8) is 0 Å². The molecule has 0 saturated carbocycles. The zero-order valence-electron chi connectivity index (χ0n) is 7.81. The normalized spacial score (nSPS) is 10.7. The van der Waals surface area contributed by atoms with Gasteiger partial charge in [0, 0.05) is 29.8 Å². The van der Waals surface area contributed by atoms with Gasteiger partial charge in [0.25, 0.3) is 5.69 Å². The van der Waals surface area contributed by atoms with Crippen molar-refractivity contribution in [1.29, 1.82) is 0 Å². The summed E-state index contributed by atoms with van der Waals surface area (Å²) < 4.78 is 0. The maximum Gasteiger partial charge on any atom is 0.271 e. The molecule has 15 heavy (non-hydrogen) atoms. The van der Waals surface area contributed by atoms with E-state index in [0.29, 0.717) is 5.56 Å². The zero-order valence-corrected chi connectivity index (χ0v) is 9.38. The average molecular weight is 250 g/mol. The van der Waals surface area contributed by atoms with Gasteiger partial charge in [-0.2, -0.15) is 0 Å². The number of nitro benzene ring substituents is 1. The third-order valence-corrected chi connectivity index (χ3v) is 1.85. The number of hydrogen-bond acceptors (Lipinski definition) is 3. The van der Waals surface area contributed by atoms with Crippen LogP contribution in [0.25, 0.3) is 0 Å². The summed E-state index contributed by atoms with van der Waals surface area (Å²) in [5, 5.41) is 10.7. The topological polar surface area (TPSA) is 81.5 Å². The summed E-state index contributed by atoms with van der Waals surface area (Å²) in [4.78, 5) is 13.7. The Hall–Kier alpha value is -1.33. The molecule has 0 aromatic heterocycles. The second kappa shape index (κ2) is 5.53. The second-order valence-corrected chi connectivity index (χ2v) is 3.00. The molecule has 0 spiro atoms. The number of hydrogen-bond donors (Lipinski definition) is 1. The average Bonchev–Trinajstić information content (AvgIpc) is 2.15. The van der Waals surface area contributed by atoms with Gasteiger partial charge in [0.05, 0.1) is 4.92 Å². The molecule has 1 aromatic carbocycles. The Labute approximate surface area is 97.5 Å². The van der Waals surface area contributed by atoms with E-state index in [-0.39, 0.29) is 29.0 Å². The first-order valence-electron chi connectivity index (χ1n) is 3.72. The van der Waals surface area contributed by atoms with E-state index in [2.05, 4.69) is 4.99 Å². The molecule has 1 rings (SSSR count). The summed E-state index contributed by atoms with van der Waals surface area (Å²) in [5.74, 6) is 0.218. The molecule has 0 heterocycles. The smallest absolute Gasteiger partial charge is 0.271 e. The maximum absolute atomic E-state index is 10.5. The van der Waals surface area contributed by atoms with E-state index in [1.807, 2.05) is 0 Å². The fraction of sp³-hybridized carbons (Fsp3) is 0.125. The molecule has 0 aliphatic carbocycles. The number of nitrogens with zero attached hydrogens (tertiary/aromatic N) is 2. The van der Waals surface area contributed by atoms with Crippen LogP contribution in [0.2, 0.25) is 5.02 Å². The Bertz CT molecular complexity index is 407. The maximum atomic E-state index is 10.5. The highest BCUT2D eigenvalue weighted by Gasteiger charge is 2.10. The van der Waals surface area contributed by atoms with Crippen LogP contribution in [-0.2, 0) is 0 Å². The van der Waals surface area contributed by atoms with Gasteiger partial charge >= 0.3 is 0 Å². The van der Waals surface area contributed by atoms with Gasteiger partial charge in [0.1, 0.15) is 5.84 Å². The lowest BCUT2D eigenvalue weighted by atomic mass is 10.2. The van der Waals surface area contributed by atoms with E-state index in [9.17, 15) is 10.1 Å². The van der Waals surface area contributed by atoms with Gasteiger partial charge in [-0.05, 0) is 6.07 Å². The first-order valence-corrected chi connectivity index (χ1v) is 4.10. The number of halogens is 2. The monoisotopic (exact) mass is 249 g/mol. The largest absolute Gasteiger partial charge is 0.384 e. The van der Waals surface area contributed by atoms with E-state index >= 15 is 0 Å². The van der Waals surface area contributed by atoms with Crippen LogP contribution in [0.1, 0.15) is 5.56 Å². The van der Waals surface area contributed by atoms with Gasteiger partial charge in [0.15, 0.2) is 0 Å². The van der Waals surface area contributed by atoms with Crippen LogP contribution < -0.4 is 5.73 Å². The quantitative estimate of drug-likeness (QED) is 0.377. The van der Waals surface area contributed by atoms with Crippen LogP contribution in [0.4, 0.5) is 5.69 Å². The lowest BCUT2D eigenvalue weighted by molar-refractivity contribution is -0.384. The molecular formula is C8H9Cl2N3O2. The van der Waals surface area contributed by atoms with Crippen molar-refractivity contribution in [2.45, 2.75) is 0 Å². The molecule has 0 aliphatic rings. The summed E-state index contributed by atoms with van der Waals surface area (Å²) in [6, 6.07) is 4.11. The minimum Gasteiger partial charge on any atom is -0.384 e. The Morgan fingerprint density at radius 1 is 1.53 bits per heavy atom. The highest BCUT2D eigenvalue weighted by molar-refractivity contribution is 6.31. The number of nitrogens with two attached hydrogens (primary N) is 1. The van der Waals surface area contributed by atoms with Crippen molar-refractivity contribution in [2.24, 2.45) is 10.7 Å². The molecule has 2 N–H and O–H groups in total. The molecule has 7 heteroatoms. The highest BCUT2D eigenvalue weighted by atomic mass is 35.5. The van der Waals surface area contributed by atoms with Crippen LogP contribution in [0, 0.1) is 10.1 Å². The standard InChI is InChI=1S/C8H8ClN3O2.ClH/c1-11-8(10)5-2-6(9)4-7(3-5)12(13)14;/h2-4H,1H3,(H2,10,11);1H. The van der Waals surface area contributed by atoms with Crippen molar-refractivity contribution in [2.75, 3.05) is 7.05 Å². The molecule has 0 amide bonds. The molecular weight excluding hydrogens is 241 g/mol. The lowest BCUT2D eigenvalue weighted by Gasteiger charge is -2.00. The number of aliphatic imine (C=N–C) groups is 1. The number of amidine groups is 1. The Morgan fingerprint density at radius 3 is 2.60 bits per heavy atom. The van der Waals surface area contributed by atoms with Crippen molar-refractivity contribution in [1.82, 2.24) is 0 Å².